The van der Waals surface area contributed by atoms with Crippen LogP contribution in [0.25, 0.3) is 0 Å². The normalized spacial score (nSPS) is 12.1. The molecule has 0 aliphatic heterocycles. The van der Waals surface area contributed by atoms with Gasteiger partial charge in [-0.25, -0.2) is 0 Å². The van der Waals surface area contributed by atoms with Crippen LogP contribution in [0.5, 0.6) is 0 Å². The summed E-state index contributed by atoms with van der Waals surface area (Å²) in [5.74, 6) is 0. The first-order valence-corrected chi connectivity index (χ1v) is 4.60. The van der Waals surface area contributed by atoms with Crippen LogP contribution < -0.4 is 0 Å². The van der Waals surface area contributed by atoms with Crippen molar-refractivity contribution in [1.29, 1.82) is 0 Å². The second kappa shape index (κ2) is 3.50. The van der Waals surface area contributed by atoms with Gasteiger partial charge in [0, 0.05) is 6.20 Å². The highest BCUT2D eigenvalue weighted by Gasteiger charge is 2.18. The number of hydrogen-bond acceptors (Lipinski definition) is 2. The van der Waals surface area contributed by atoms with E-state index in [-0.39, 0.29) is 12.0 Å². The Labute approximate surface area is 79.4 Å². The highest BCUT2D eigenvalue weighted by Crippen LogP contribution is 2.24. The van der Waals surface area contributed by atoms with Gasteiger partial charge in [0.15, 0.2) is 0 Å². The van der Waals surface area contributed by atoms with Crippen LogP contribution in [0.3, 0.4) is 0 Å². The summed E-state index contributed by atoms with van der Waals surface area (Å²) in [6.45, 7) is 9.23. The van der Waals surface area contributed by atoms with Crippen molar-refractivity contribution in [2.45, 2.75) is 39.7 Å². The molecule has 0 saturated heterocycles. The van der Waals surface area contributed by atoms with E-state index in [4.69, 9.17) is 5.11 Å². The van der Waals surface area contributed by atoms with Crippen LogP contribution in [0.1, 0.15) is 32.0 Å². The third-order valence-electron chi connectivity index (χ3n) is 2.08. The van der Waals surface area contributed by atoms with E-state index >= 15 is 0 Å². The third-order valence-corrected chi connectivity index (χ3v) is 2.08. The van der Waals surface area contributed by atoms with Crippen molar-refractivity contribution in [1.82, 2.24) is 9.78 Å². The van der Waals surface area contributed by atoms with E-state index in [2.05, 4.69) is 25.9 Å². The average Bonchev–Trinajstić information content (AvgIpc) is 2.30. The lowest BCUT2D eigenvalue weighted by Gasteiger charge is -2.16. The molecule has 0 aliphatic carbocycles. The number of hydrogen-bond donors (Lipinski definition) is 1. The van der Waals surface area contributed by atoms with Crippen LogP contribution in [0.2, 0.25) is 0 Å². The fourth-order valence-corrected chi connectivity index (χ4v) is 1.47. The second-order valence-electron chi connectivity index (χ2n) is 4.36. The Morgan fingerprint density at radius 3 is 2.46 bits per heavy atom. The Hall–Kier alpha value is -0.830. The van der Waals surface area contributed by atoms with Crippen LogP contribution in [-0.2, 0) is 12.0 Å². The van der Waals surface area contributed by atoms with Crippen LogP contribution in [0, 0.1) is 6.92 Å². The van der Waals surface area contributed by atoms with Gasteiger partial charge in [0.2, 0.25) is 0 Å². The summed E-state index contributed by atoms with van der Waals surface area (Å²) in [6.07, 6.45) is 2.02. The van der Waals surface area contributed by atoms with Crippen LogP contribution in [0.4, 0.5) is 0 Å². The second-order valence-corrected chi connectivity index (χ2v) is 4.36. The lowest BCUT2D eigenvalue weighted by Crippen LogP contribution is -2.11. The Bertz CT molecular complexity index is 284. The molecule has 0 unspecified atom stereocenters. The minimum Gasteiger partial charge on any atom is -0.394 e. The largest absolute Gasteiger partial charge is 0.394 e. The zero-order valence-electron chi connectivity index (χ0n) is 8.83. The van der Waals surface area contributed by atoms with Crippen LogP contribution in [-0.4, -0.2) is 21.5 Å². The summed E-state index contributed by atoms with van der Waals surface area (Å²) in [5, 5.41) is 13.1. The van der Waals surface area contributed by atoms with E-state index in [9.17, 15) is 0 Å². The molecule has 0 amide bonds. The summed E-state index contributed by atoms with van der Waals surface area (Å²) >= 11 is 0. The van der Waals surface area contributed by atoms with E-state index in [0.29, 0.717) is 6.54 Å². The highest BCUT2D eigenvalue weighted by atomic mass is 16.3. The van der Waals surface area contributed by atoms with Gasteiger partial charge >= 0.3 is 0 Å². The fourth-order valence-electron chi connectivity index (χ4n) is 1.47. The summed E-state index contributed by atoms with van der Waals surface area (Å²) in [6, 6.07) is 0. The molecule has 0 bridgehead atoms. The van der Waals surface area contributed by atoms with Gasteiger partial charge < -0.3 is 5.11 Å². The first-order chi connectivity index (χ1) is 5.95. The van der Waals surface area contributed by atoms with E-state index < -0.39 is 0 Å². The monoisotopic (exact) mass is 182 g/mol. The quantitative estimate of drug-likeness (QED) is 0.752. The molecular weight excluding hydrogens is 164 g/mol. The van der Waals surface area contributed by atoms with Gasteiger partial charge in [-0.1, -0.05) is 20.8 Å². The molecule has 3 nitrogen and oxygen atoms in total. The van der Waals surface area contributed by atoms with Crippen LogP contribution >= 0.6 is 0 Å². The number of rotatable bonds is 2. The van der Waals surface area contributed by atoms with Gasteiger partial charge in [-0.05, 0) is 17.9 Å². The van der Waals surface area contributed by atoms with Crippen molar-refractivity contribution in [2.24, 2.45) is 0 Å². The molecule has 1 aromatic heterocycles. The Balaban J connectivity index is 2.96. The molecule has 74 valence electrons. The molecule has 0 atom stereocenters. The molecule has 3 heteroatoms. The highest BCUT2D eigenvalue weighted by molar-refractivity contribution is 5.23. The summed E-state index contributed by atoms with van der Waals surface area (Å²) in [5.41, 5.74) is 2.44. The zero-order valence-corrected chi connectivity index (χ0v) is 8.83. The molecule has 1 rings (SSSR count). The molecule has 13 heavy (non-hydrogen) atoms. The van der Waals surface area contributed by atoms with Crippen LogP contribution in [0.15, 0.2) is 6.20 Å². The summed E-state index contributed by atoms with van der Waals surface area (Å²) in [4.78, 5) is 0. The molecule has 0 fully saturated rings. The Morgan fingerprint density at radius 2 is 2.08 bits per heavy atom. The van der Waals surface area contributed by atoms with Crippen molar-refractivity contribution in [2.75, 3.05) is 6.61 Å². The molecular formula is C10H18N2O. The van der Waals surface area contributed by atoms with Gasteiger partial charge in [-0.3, -0.25) is 4.68 Å². The maximum absolute atomic E-state index is 8.76. The predicted molar refractivity (Wildman–Crippen MR) is 52.7 cm³/mol. The van der Waals surface area contributed by atoms with Gasteiger partial charge in [0.25, 0.3) is 0 Å². The van der Waals surface area contributed by atoms with E-state index in [1.807, 2.05) is 13.1 Å². The molecule has 0 aromatic carbocycles. The lowest BCUT2D eigenvalue weighted by atomic mass is 9.88. The standard InChI is InChI=1S/C10H18N2O/c1-8-9(10(2,3)4)7-12(11-8)5-6-13/h7,13H,5-6H2,1-4H3. The van der Waals surface area contributed by atoms with Crippen molar-refractivity contribution in [3.8, 4) is 0 Å². The number of aliphatic hydroxyl groups is 1. The molecule has 1 heterocycles. The molecule has 1 aromatic rings. The fraction of sp³-hybridized carbons (Fsp3) is 0.700. The molecule has 0 aliphatic rings. The zero-order chi connectivity index (χ0) is 10.1. The smallest absolute Gasteiger partial charge is 0.0641 e. The summed E-state index contributed by atoms with van der Waals surface area (Å²) < 4.78 is 1.80. The number of aromatic nitrogens is 2. The topological polar surface area (TPSA) is 38.0 Å². The van der Waals surface area contributed by atoms with Crippen molar-refractivity contribution in [3.63, 3.8) is 0 Å². The predicted octanol–water partition coefficient (Wildman–Crippen LogP) is 1.48. The lowest BCUT2D eigenvalue weighted by molar-refractivity contribution is 0.269. The number of aryl methyl sites for hydroxylation is 1. The van der Waals surface area contributed by atoms with E-state index in [1.165, 1.54) is 5.56 Å². The van der Waals surface area contributed by atoms with Gasteiger partial charge in [0.1, 0.15) is 0 Å². The number of aliphatic hydroxyl groups excluding tert-OH is 1. The van der Waals surface area contributed by atoms with Crippen molar-refractivity contribution in [3.05, 3.63) is 17.5 Å². The maximum atomic E-state index is 8.76. The van der Waals surface area contributed by atoms with Gasteiger partial charge in [-0.2, -0.15) is 5.10 Å². The number of nitrogens with zero attached hydrogens (tertiary/aromatic N) is 2. The first kappa shape index (κ1) is 10.3. The molecule has 0 spiro atoms. The van der Waals surface area contributed by atoms with E-state index in [0.717, 1.165) is 5.69 Å². The summed E-state index contributed by atoms with van der Waals surface area (Å²) in [7, 11) is 0. The molecule has 1 N–H and O–H groups in total. The minimum atomic E-state index is 0.137. The molecule has 0 saturated carbocycles. The average molecular weight is 182 g/mol. The third kappa shape index (κ3) is 2.31. The maximum Gasteiger partial charge on any atom is 0.0641 e. The van der Waals surface area contributed by atoms with Crippen molar-refractivity contribution >= 4 is 0 Å². The Morgan fingerprint density at radius 1 is 1.46 bits per heavy atom. The van der Waals surface area contributed by atoms with Gasteiger partial charge in [0.05, 0.1) is 18.8 Å². The van der Waals surface area contributed by atoms with Crippen molar-refractivity contribution < 1.29 is 5.11 Å². The minimum absolute atomic E-state index is 0.137. The molecule has 0 radical (unpaired) electrons. The van der Waals surface area contributed by atoms with Gasteiger partial charge in [-0.15, -0.1) is 0 Å². The Kier molecular flexibility index (Phi) is 2.76. The first-order valence-electron chi connectivity index (χ1n) is 4.60. The SMILES string of the molecule is Cc1nn(CCO)cc1C(C)(C)C. The van der Waals surface area contributed by atoms with E-state index in [1.54, 1.807) is 4.68 Å².